The Morgan fingerprint density at radius 2 is 1.71 bits per heavy atom. The summed E-state index contributed by atoms with van der Waals surface area (Å²) in [7, 11) is 1.64. The van der Waals surface area contributed by atoms with Gasteiger partial charge >= 0.3 is 0 Å². The van der Waals surface area contributed by atoms with Gasteiger partial charge in [-0.15, -0.1) is 0 Å². The van der Waals surface area contributed by atoms with Gasteiger partial charge < -0.3 is 20.3 Å². The average Bonchev–Trinajstić information content (AvgIpc) is 2.98. The number of anilines is 1. The van der Waals surface area contributed by atoms with Gasteiger partial charge in [0.2, 0.25) is 5.91 Å². The van der Waals surface area contributed by atoms with E-state index in [0.717, 1.165) is 17.7 Å². The number of hydrogen-bond acceptors (Lipinski definition) is 4. The highest BCUT2D eigenvalue weighted by Gasteiger charge is 2.22. The Kier molecular flexibility index (Phi) is 6.53. The van der Waals surface area contributed by atoms with Crippen molar-refractivity contribution >= 4 is 17.5 Å². The largest absolute Gasteiger partial charge is 0.497 e. The second-order valence-electron chi connectivity index (χ2n) is 7.00. The molecule has 2 N–H and O–H groups in total. The van der Waals surface area contributed by atoms with Crippen molar-refractivity contribution in [1.82, 2.24) is 9.80 Å². The van der Waals surface area contributed by atoms with Crippen LogP contribution in [0.15, 0.2) is 48.5 Å². The molecule has 1 aliphatic rings. The molecule has 148 valence electrons. The molecule has 6 nitrogen and oxygen atoms in total. The van der Waals surface area contributed by atoms with E-state index in [-0.39, 0.29) is 11.8 Å². The monoisotopic (exact) mass is 381 g/mol. The summed E-state index contributed by atoms with van der Waals surface area (Å²) in [5, 5.41) is 0. The second-order valence-corrected chi connectivity index (χ2v) is 7.00. The van der Waals surface area contributed by atoms with Crippen LogP contribution in [0.1, 0.15) is 28.8 Å². The molecular weight excluding hydrogens is 354 g/mol. The highest BCUT2D eigenvalue weighted by atomic mass is 16.5. The molecule has 0 saturated carbocycles. The van der Waals surface area contributed by atoms with Gasteiger partial charge in [0, 0.05) is 43.9 Å². The fourth-order valence-corrected chi connectivity index (χ4v) is 3.43. The summed E-state index contributed by atoms with van der Waals surface area (Å²) in [6.07, 6.45) is 1.95. The standard InChI is InChI=1S/C22H27N3O3/c1-28-20-9-6-17(7-10-20)8-11-21(26)24-12-3-13-25(15-14-24)22(27)18-4-2-5-19(23)16-18/h2,4-7,9-10,16H,3,8,11-15,23H2,1H3. The summed E-state index contributed by atoms with van der Waals surface area (Å²) in [5.41, 5.74) is 8.08. The zero-order chi connectivity index (χ0) is 19.9. The van der Waals surface area contributed by atoms with Crippen LogP contribution in [0.3, 0.4) is 0 Å². The summed E-state index contributed by atoms with van der Waals surface area (Å²) in [6, 6.07) is 14.8. The number of methoxy groups -OCH3 is 1. The third-order valence-electron chi connectivity index (χ3n) is 5.06. The van der Waals surface area contributed by atoms with Gasteiger partial charge in [-0.25, -0.2) is 0 Å². The highest BCUT2D eigenvalue weighted by Crippen LogP contribution is 2.15. The molecule has 28 heavy (non-hydrogen) atoms. The molecule has 0 spiro atoms. The maximum Gasteiger partial charge on any atom is 0.253 e. The third kappa shape index (κ3) is 5.03. The maximum atomic E-state index is 12.7. The van der Waals surface area contributed by atoms with E-state index in [1.54, 1.807) is 31.4 Å². The highest BCUT2D eigenvalue weighted by molar-refractivity contribution is 5.95. The van der Waals surface area contributed by atoms with Crippen LogP contribution in [0.25, 0.3) is 0 Å². The number of amides is 2. The van der Waals surface area contributed by atoms with Crippen LogP contribution in [0.2, 0.25) is 0 Å². The third-order valence-corrected chi connectivity index (χ3v) is 5.06. The SMILES string of the molecule is COc1ccc(CCC(=O)N2CCCN(C(=O)c3cccc(N)c3)CC2)cc1. The van der Waals surface area contributed by atoms with Crippen molar-refractivity contribution in [3.8, 4) is 5.75 Å². The number of benzene rings is 2. The molecule has 1 saturated heterocycles. The van der Waals surface area contributed by atoms with Crippen LogP contribution in [-0.4, -0.2) is 54.9 Å². The number of rotatable bonds is 5. The summed E-state index contributed by atoms with van der Waals surface area (Å²) in [6.45, 7) is 2.44. The van der Waals surface area contributed by atoms with Crippen LogP contribution in [0.5, 0.6) is 5.75 Å². The average molecular weight is 381 g/mol. The molecule has 0 radical (unpaired) electrons. The Labute approximate surface area is 165 Å². The number of hydrogen-bond donors (Lipinski definition) is 1. The summed E-state index contributed by atoms with van der Waals surface area (Å²) >= 11 is 0. The predicted molar refractivity (Wildman–Crippen MR) is 109 cm³/mol. The fraction of sp³-hybridized carbons (Fsp3) is 0.364. The van der Waals surface area contributed by atoms with Gasteiger partial charge in [0.05, 0.1) is 7.11 Å². The van der Waals surface area contributed by atoms with Gasteiger partial charge in [-0.3, -0.25) is 9.59 Å². The summed E-state index contributed by atoms with van der Waals surface area (Å²) in [4.78, 5) is 29.0. The molecule has 0 unspecified atom stereocenters. The van der Waals surface area contributed by atoms with Gasteiger partial charge in [0.25, 0.3) is 5.91 Å². The Morgan fingerprint density at radius 1 is 1.00 bits per heavy atom. The number of aryl methyl sites for hydroxylation is 1. The van der Waals surface area contributed by atoms with Crippen molar-refractivity contribution in [2.24, 2.45) is 0 Å². The van der Waals surface area contributed by atoms with Crippen molar-refractivity contribution in [2.75, 3.05) is 39.0 Å². The van der Waals surface area contributed by atoms with Crippen molar-refractivity contribution < 1.29 is 14.3 Å². The molecule has 6 heteroatoms. The molecule has 0 aliphatic carbocycles. The lowest BCUT2D eigenvalue weighted by Crippen LogP contribution is -2.37. The molecule has 2 amide bonds. The van der Waals surface area contributed by atoms with E-state index in [1.807, 2.05) is 34.1 Å². The van der Waals surface area contributed by atoms with Crippen LogP contribution >= 0.6 is 0 Å². The van der Waals surface area contributed by atoms with E-state index in [0.29, 0.717) is 50.3 Å². The fourth-order valence-electron chi connectivity index (χ4n) is 3.43. The lowest BCUT2D eigenvalue weighted by molar-refractivity contribution is -0.131. The number of nitrogen functional groups attached to an aromatic ring is 1. The predicted octanol–water partition coefficient (Wildman–Crippen LogP) is 2.58. The quantitative estimate of drug-likeness (QED) is 0.808. The topological polar surface area (TPSA) is 75.9 Å². The van der Waals surface area contributed by atoms with E-state index >= 15 is 0 Å². The van der Waals surface area contributed by atoms with E-state index in [4.69, 9.17) is 10.5 Å². The molecule has 2 aromatic carbocycles. The van der Waals surface area contributed by atoms with Crippen molar-refractivity contribution in [1.29, 1.82) is 0 Å². The molecule has 3 rings (SSSR count). The second kappa shape index (κ2) is 9.26. The van der Waals surface area contributed by atoms with E-state index in [9.17, 15) is 9.59 Å². The Morgan fingerprint density at radius 3 is 2.43 bits per heavy atom. The Hall–Kier alpha value is -3.02. The van der Waals surface area contributed by atoms with Crippen LogP contribution in [0, 0.1) is 0 Å². The number of nitrogens with two attached hydrogens (primary N) is 1. The van der Waals surface area contributed by atoms with Crippen LogP contribution in [0.4, 0.5) is 5.69 Å². The Balaban J connectivity index is 1.52. The normalized spacial score (nSPS) is 14.5. The molecule has 0 aromatic heterocycles. The number of nitrogens with zero attached hydrogens (tertiary/aromatic N) is 2. The van der Waals surface area contributed by atoms with Gasteiger partial charge in [-0.05, 0) is 48.7 Å². The van der Waals surface area contributed by atoms with Crippen molar-refractivity contribution in [3.63, 3.8) is 0 Å². The first-order valence-corrected chi connectivity index (χ1v) is 9.62. The van der Waals surface area contributed by atoms with Crippen molar-refractivity contribution in [2.45, 2.75) is 19.3 Å². The molecule has 1 aliphatic heterocycles. The number of carbonyl (C=O) groups excluding carboxylic acids is 2. The first-order valence-electron chi connectivity index (χ1n) is 9.62. The smallest absolute Gasteiger partial charge is 0.253 e. The van der Waals surface area contributed by atoms with Gasteiger partial charge in [-0.2, -0.15) is 0 Å². The minimum Gasteiger partial charge on any atom is -0.497 e. The molecule has 1 fully saturated rings. The minimum absolute atomic E-state index is 0.0279. The molecule has 0 atom stereocenters. The summed E-state index contributed by atoms with van der Waals surface area (Å²) in [5.74, 6) is 0.918. The Bertz CT molecular complexity index is 820. The zero-order valence-electron chi connectivity index (χ0n) is 16.3. The van der Waals surface area contributed by atoms with Crippen LogP contribution < -0.4 is 10.5 Å². The number of ether oxygens (including phenoxy) is 1. The lowest BCUT2D eigenvalue weighted by Gasteiger charge is -2.22. The lowest BCUT2D eigenvalue weighted by atomic mass is 10.1. The first-order chi connectivity index (χ1) is 13.6. The molecule has 1 heterocycles. The first kappa shape index (κ1) is 19.7. The van der Waals surface area contributed by atoms with E-state index in [1.165, 1.54) is 0 Å². The van der Waals surface area contributed by atoms with E-state index < -0.39 is 0 Å². The zero-order valence-corrected chi connectivity index (χ0v) is 16.3. The van der Waals surface area contributed by atoms with Crippen LogP contribution in [-0.2, 0) is 11.2 Å². The van der Waals surface area contributed by atoms with Gasteiger partial charge in [0.1, 0.15) is 5.75 Å². The summed E-state index contributed by atoms with van der Waals surface area (Å²) < 4.78 is 5.16. The number of carbonyl (C=O) groups is 2. The maximum absolute atomic E-state index is 12.7. The van der Waals surface area contributed by atoms with E-state index in [2.05, 4.69) is 0 Å². The molecule has 2 aromatic rings. The van der Waals surface area contributed by atoms with Gasteiger partial charge in [-0.1, -0.05) is 18.2 Å². The molecular formula is C22H27N3O3. The minimum atomic E-state index is -0.0279. The molecule has 0 bridgehead atoms. The van der Waals surface area contributed by atoms with Gasteiger partial charge in [0.15, 0.2) is 0 Å². The van der Waals surface area contributed by atoms with Crippen molar-refractivity contribution in [3.05, 3.63) is 59.7 Å².